The van der Waals surface area contributed by atoms with Crippen molar-refractivity contribution in [2.24, 2.45) is 0 Å². The van der Waals surface area contributed by atoms with E-state index in [1.54, 1.807) is 25.1 Å². The first-order chi connectivity index (χ1) is 9.99. The van der Waals surface area contributed by atoms with E-state index in [-0.39, 0.29) is 22.5 Å². The number of amides is 2. The number of benzene rings is 1. The third-order valence-electron chi connectivity index (χ3n) is 3.34. The Morgan fingerprint density at radius 3 is 2.81 bits per heavy atom. The Balaban J connectivity index is 1.95. The average Bonchev–Trinajstić information content (AvgIpc) is 2.94. The van der Waals surface area contributed by atoms with Crippen molar-refractivity contribution >= 4 is 35.0 Å². The molecule has 5 nitrogen and oxygen atoms in total. The molecule has 3 N–H and O–H groups in total. The molecule has 0 aromatic heterocycles. The lowest BCUT2D eigenvalue weighted by Gasteiger charge is -2.17. The van der Waals surface area contributed by atoms with Gasteiger partial charge >= 0.3 is 0 Å². The first-order valence-corrected chi connectivity index (χ1v) is 7.50. The second-order valence-electron chi connectivity index (χ2n) is 4.99. The molecule has 1 aliphatic heterocycles. The normalized spacial score (nSPS) is 19.1. The fourth-order valence-corrected chi connectivity index (χ4v) is 2.51. The second kappa shape index (κ2) is 7.11. The van der Waals surface area contributed by atoms with Gasteiger partial charge in [0.1, 0.15) is 6.04 Å². The van der Waals surface area contributed by atoms with Gasteiger partial charge in [-0.05, 0) is 32.0 Å². The molecule has 114 valence electrons. The summed E-state index contributed by atoms with van der Waals surface area (Å²) in [6.07, 6.45) is 0.895. The predicted molar refractivity (Wildman–Crippen MR) is 82.8 cm³/mol. The van der Waals surface area contributed by atoms with Gasteiger partial charge in [-0.2, -0.15) is 0 Å². The zero-order chi connectivity index (χ0) is 15.4. The van der Waals surface area contributed by atoms with Gasteiger partial charge in [-0.25, -0.2) is 0 Å². The van der Waals surface area contributed by atoms with Crippen LogP contribution < -0.4 is 16.0 Å². The van der Waals surface area contributed by atoms with E-state index in [0.717, 1.165) is 19.5 Å². The first-order valence-electron chi connectivity index (χ1n) is 6.75. The molecule has 0 aliphatic carbocycles. The summed E-state index contributed by atoms with van der Waals surface area (Å²) in [5.41, 5.74) is 0.256. The van der Waals surface area contributed by atoms with Gasteiger partial charge in [0, 0.05) is 12.6 Å². The van der Waals surface area contributed by atoms with Crippen LogP contribution in [0.5, 0.6) is 0 Å². The summed E-state index contributed by atoms with van der Waals surface area (Å²) in [6, 6.07) is 4.27. The Morgan fingerprint density at radius 2 is 2.14 bits per heavy atom. The third-order valence-corrected chi connectivity index (χ3v) is 4.16. The van der Waals surface area contributed by atoms with Crippen molar-refractivity contribution in [1.29, 1.82) is 0 Å². The standard InChI is InChI=1S/C14H17Cl2N3O2/c1-8(13(20)19-9-5-6-17-7-9)18-14(21)10-3-2-4-11(15)12(10)16/h2-4,8-9,17H,5-7H2,1H3,(H,18,21)(H,19,20). The highest BCUT2D eigenvalue weighted by atomic mass is 35.5. The van der Waals surface area contributed by atoms with Crippen molar-refractivity contribution in [3.05, 3.63) is 33.8 Å². The van der Waals surface area contributed by atoms with Crippen molar-refractivity contribution in [2.45, 2.75) is 25.4 Å². The summed E-state index contributed by atoms with van der Waals surface area (Å²) >= 11 is 11.9. The van der Waals surface area contributed by atoms with E-state index in [1.807, 2.05) is 0 Å². The predicted octanol–water partition coefficient (Wildman–Crippen LogP) is 1.59. The highest BCUT2D eigenvalue weighted by Gasteiger charge is 2.22. The quantitative estimate of drug-likeness (QED) is 0.785. The molecule has 1 aliphatic rings. The molecule has 1 fully saturated rings. The Hall–Kier alpha value is -1.30. The molecule has 0 radical (unpaired) electrons. The molecule has 1 aromatic carbocycles. The van der Waals surface area contributed by atoms with Crippen molar-refractivity contribution in [3.63, 3.8) is 0 Å². The van der Waals surface area contributed by atoms with Crippen molar-refractivity contribution in [2.75, 3.05) is 13.1 Å². The topological polar surface area (TPSA) is 70.2 Å². The summed E-state index contributed by atoms with van der Waals surface area (Å²) in [5, 5.41) is 9.16. The monoisotopic (exact) mass is 329 g/mol. The summed E-state index contributed by atoms with van der Waals surface area (Å²) in [6.45, 7) is 3.28. The Kier molecular flexibility index (Phi) is 5.45. The van der Waals surface area contributed by atoms with Gasteiger partial charge in [0.05, 0.1) is 15.6 Å². The van der Waals surface area contributed by atoms with Crippen LogP contribution in [0.15, 0.2) is 18.2 Å². The number of halogens is 2. The number of carbonyl (C=O) groups is 2. The smallest absolute Gasteiger partial charge is 0.253 e. The Labute approximate surface area is 133 Å². The molecule has 0 bridgehead atoms. The van der Waals surface area contributed by atoms with E-state index >= 15 is 0 Å². The maximum Gasteiger partial charge on any atom is 0.253 e. The zero-order valence-corrected chi connectivity index (χ0v) is 13.1. The maximum absolute atomic E-state index is 12.1. The summed E-state index contributed by atoms with van der Waals surface area (Å²) in [5.74, 6) is -0.634. The van der Waals surface area contributed by atoms with Crippen LogP contribution in [0.3, 0.4) is 0 Å². The van der Waals surface area contributed by atoms with Gasteiger partial charge in [-0.3, -0.25) is 9.59 Å². The van der Waals surface area contributed by atoms with Gasteiger partial charge in [0.15, 0.2) is 0 Å². The van der Waals surface area contributed by atoms with Gasteiger partial charge < -0.3 is 16.0 Å². The molecule has 0 spiro atoms. The lowest BCUT2D eigenvalue weighted by atomic mass is 10.2. The minimum atomic E-state index is -0.645. The van der Waals surface area contributed by atoms with Crippen LogP contribution in [0.2, 0.25) is 10.0 Å². The molecule has 2 amide bonds. The maximum atomic E-state index is 12.1. The highest BCUT2D eigenvalue weighted by molar-refractivity contribution is 6.43. The molecule has 21 heavy (non-hydrogen) atoms. The van der Waals surface area contributed by atoms with Crippen LogP contribution >= 0.6 is 23.2 Å². The van der Waals surface area contributed by atoms with Crippen LogP contribution in [0, 0.1) is 0 Å². The van der Waals surface area contributed by atoms with E-state index in [1.165, 1.54) is 0 Å². The summed E-state index contributed by atoms with van der Waals surface area (Å²) in [4.78, 5) is 24.1. The zero-order valence-electron chi connectivity index (χ0n) is 11.6. The number of hydrogen-bond acceptors (Lipinski definition) is 3. The number of carbonyl (C=O) groups excluding carboxylic acids is 2. The fraction of sp³-hybridized carbons (Fsp3) is 0.429. The van der Waals surface area contributed by atoms with Gasteiger partial charge in [0.2, 0.25) is 5.91 Å². The van der Waals surface area contributed by atoms with Crippen LogP contribution in [0.1, 0.15) is 23.7 Å². The number of hydrogen-bond donors (Lipinski definition) is 3. The highest BCUT2D eigenvalue weighted by Crippen LogP contribution is 2.25. The SMILES string of the molecule is CC(NC(=O)c1cccc(Cl)c1Cl)C(=O)NC1CCNC1. The first kappa shape index (κ1) is 16.1. The summed E-state index contributed by atoms with van der Waals surface area (Å²) < 4.78 is 0. The average molecular weight is 330 g/mol. The second-order valence-corrected chi connectivity index (χ2v) is 5.78. The van der Waals surface area contributed by atoms with Crippen LogP contribution in [0.25, 0.3) is 0 Å². The molecule has 1 aromatic rings. The Bertz CT molecular complexity index is 545. The minimum absolute atomic E-state index is 0.117. The van der Waals surface area contributed by atoms with Crippen LogP contribution in [0.4, 0.5) is 0 Å². The van der Waals surface area contributed by atoms with E-state index in [0.29, 0.717) is 5.02 Å². The van der Waals surface area contributed by atoms with Crippen molar-refractivity contribution < 1.29 is 9.59 Å². The third kappa shape index (κ3) is 4.09. The molecule has 2 unspecified atom stereocenters. The molecule has 1 heterocycles. The molecular weight excluding hydrogens is 313 g/mol. The van der Waals surface area contributed by atoms with E-state index < -0.39 is 11.9 Å². The van der Waals surface area contributed by atoms with Crippen LogP contribution in [-0.2, 0) is 4.79 Å². The fourth-order valence-electron chi connectivity index (χ4n) is 2.12. The molecule has 0 saturated carbocycles. The number of rotatable bonds is 4. The lowest BCUT2D eigenvalue weighted by molar-refractivity contribution is -0.123. The largest absolute Gasteiger partial charge is 0.350 e. The van der Waals surface area contributed by atoms with Gasteiger partial charge in [-0.1, -0.05) is 29.3 Å². The van der Waals surface area contributed by atoms with Gasteiger partial charge in [0.25, 0.3) is 5.91 Å². The molecular formula is C14H17Cl2N3O2. The van der Waals surface area contributed by atoms with Gasteiger partial charge in [-0.15, -0.1) is 0 Å². The van der Waals surface area contributed by atoms with E-state index in [4.69, 9.17) is 23.2 Å². The van der Waals surface area contributed by atoms with E-state index in [9.17, 15) is 9.59 Å². The van der Waals surface area contributed by atoms with Crippen molar-refractivity contribution in [3.8, 4) is 0 Å². The molecule has 7 heteroatoms. The minimum Gasteiger partial charge on any atom is -0.350 e. The van der Waals surface area contributed by atoms with Crippen molar-refractivity contribution in [1.82, 2.24) is 16.0 Å². The lowest BCUT2D eigenvalue weighted by Crippen LogP contribution is -2.48. The van der Waals surface area contributed by atoms with E-state index in [2.05, 4.69) is 16.0 Å². The summed E-state index contributed by atoms with van der Waals surface area (Å²) in [7, 11) is 0. The van der Waals surface area contributed by atoms with Crippen LogP contribution in [-0.4, -0.2) is 37.0 Å². The molecule has 1 saturated heterocycles. The molecule has 2 rings (SSSR count). The Morgan fingerprint density at radius 1 is 1.38 bits per heavy atom. The molecule has 2 atom stereocenters. The number of nitrogens with one attached hydrogen (secondary N) is 3.